The highest BCUT2D eigenvalue weighted by molar-refractivity contribution is 7.92. The summed E-state index contributed by atoms with van der Waals surface area (Å²) in [5, 5.41) is 0.402. The Morgan fingerprint density at radius 3 is 2.80 bits per heavy atom. The number of ether oxygens (including phenoxy) is 1. The summed E-state index contributed by atoms with van der Waals surface area (Å²) < 4.78 is 32.0. The quantitative estimate of drug-likeness (QED) is 0.887. The van der Waals surface area contributed by atoms with Crippen LogP contribution in [0.5, 0.6) is 5.75 Å². The molecule has 8 heteroatoms. The fraction of sp³-hybridized carbons (Fsp3) is 0.250. The van der Waals surface area contributed by atoms with Crippen LogP contribution in [0.25, 0.3) is 0 Å². The highest BCUT2D eigenvalue weighted by Gasteiger charge is 2.19. The third-order valence-electron chi connectivity index (χ3n) is 2.64. The number of aromatic nitrogens is 2. The summed E-state index contributed by atoms with van der Waals surface area (Å²) in [6.07, 6.45) is 1.90. The molecule has 0 saturated carbocycles. The van der Waals surface area contributed by atoms with Gasteiger partial charge in [-0.15, -0.1) is 0 Å². The molecule has 2 rings (SSSR count). The van der Waals surface area contributed by atoms with Crippen molar-refractivity contribution in [1.29, 1.82) is 0 Å². The molecule has 0 aliphatic carbocycles. The lowest BCUT2D eigenvalue weighted by molar-refractivity contribution is 0.417. The fourth-order valence-electron chi connectivity index (χ4n) is 1.62. The van der Waals surface area contributed by atoms with E-state index in [1.165, 1.54) is 19.4 Å². The van der Waals surface area contributed by atoms with Crippen molar-refractivity contribution in [3.63, 3.8) is 0 Å². The number of nitrogens with zero attached hydrogens (tertiary/aromatic N) is 1. The summed E-state index contributed by atoms with van der Waals surface area (Å²) >= 11 is 5.86. The maximum Gasteiger partial charge on any atom is 0.279 e. The lowest BCUT2D eigenvalue weighted by Crippen LogP contribution is -2.14. The molecule has 1 aromatic heterocycles. The van der Waals surface area contributed by atoms with E-state index in [0.717, 1.165) is 0 Å². The third-order valence-corrected chi connectivity index (χ3v) is 4.15. The molecule has 0 radical (unpaired) electrons. The summed E-state index contributed by atoms with van der Waals surface area (Å²) in [5.74, 6) is 0.983. The molecule has 0 amide bonds. The van der Waals surface area contributed by atoms with Crippen molar-refractivity contribution in [2.24, 2.45) is 0 Å². The van der Waals surface area contributed by atoms with Crippen LogP contribution in [0.2, 0.25) is 5.02 Å². The molecule has 6 nitrogen and oxygen atoms in total. The number of sulfonamides is 1. The van der Waals surface area contributed by atoms with Gasteiger partial charge in [-0.1, -0.05) is 18.5 Å². The summed E-state index contributed by atoms with van der Waals surface area (Å²) in [7, 11) is -2.31. The third kappa shape index (κ3) is 3.05. The van der Waals surface area contributed by atoms with Gasteiger partial charge in [0.1, 0.15) is 11.6 Å². The first-order valence-electron chi connectivity index (χ1n) is 5.86. The molecule has 0 atom stereocenters. The number of benzene rings is 1. The van der Waals surface area contributed by atoms with Crippen LogP contribution < -0.4 is 9.46 Å². The van der Waals surface area contributed by atoms with Crippen LogP contribution >= 0.6 is 11.6 Å². The van der Waals surface area contributed by atoms with Crippen LogP contribution in [-0.4, -0.2) is 25.5 Å². The lowest BCUT2D eigenvalue weighted by atomic mass is 10.3. The zero-order chi connectivity index (χ0) is 14.8. The molecule has 0 bridgehead atoms. The molecule has 0 aliphatic rings. The van der Waals surface area contributed by atoms with Gasteiger partial charge in [-0.3, -0.25) is 4.72 Å². The Kier molecular flexibility index (Phi) is 4.20. The van der Waals surface area contributed by atoms with Crippen LogP contribution in [-0.2, 0) is 16.4 Å². The molecular weight excluding hydrogens is 302 g/mol. The number of anilines is 1. The number of halogens is 1. The van der Waals surface area contributed by atoms with E-state index in [1.807, 2.05) is 6.92 Å². The van der Waals surface area contributed by atoms with Crippen LogP contribution in [0.15, 0.2) is 29.4 Å². The van der Waals surface area contributed by atoms with Crippen molar-refractivity contribution in [2.75, 3.05) is 11.8 Å². The predicted octanol–water partition coefficient (Wildman–Crippen LogP) is 2.43. The van der Waals surface area contributed by atoms with E-state index in [-0.39, 0.29) is 10.7 Å². The van der Waals surface area contributed by atoms with Gasteiger partial charge >= 0.3 is 0 Å². The number of imidazole rings is 1. The molecule has 0 spiro atoms. The Bertz CT molecular complexity index is 712. The van der Waals surface area contributed by atoms with Crippen molar-refractivity contribution in [3.05, 3.63) is 35.2 Å². The second-order valence-corrected chi connectivity index (χ2v) is 6.09. The number of hydrogen-bond acceptors (Lipinski definition) is 4. The summed E-state index contributed by atoms with van der Waals surface area (Å²) in [6.45, 7) is 1.88. The molecule has 0 fully saturated rings. The zero-order valence-corrected chi connectivity index (χ0v) is 12.5. The number of rotatable bonds is 5. The van der Waals surface area contributed by atoms with E-state index in [2.05, 4.69) is 14.7 Å². The van der Waals surface area contributed by atoms with Gasteiger partial charge in [-0.05, 0) is 18.2 Å². The zero-order valence-electron chi connectivity index (χ0n) is 11.0. The molecule has 0 aliphatic heterocycles. The van der Waals surface area contributed by atoms with Crippen LogP contribution in [0.1, 0.15) is 12.7 Å². The Morgan fingerprint density at radius 2 is 2.20 bits per heavy atom. The average Bonchev–Trinajstić information content (AvgIpc) is 2.88. The molecular formula is C12H14ClN3O3S. The van der Waals surface area contributed by atoms with Gasteiger partial charge in [0, 0.05) is 11.4 Å². The van der Waals surface area contributed by atoms with Crippen LogP contribution in [0.4, 0.5) is 5.69 Å². The highest BCUT2D eigenvalue weighted by Crippen LogP contribution is 2.29. The minimum absolute atomic E-state index is 0.00335. The molecule has 0 unspecified atom stereocenters. The first-order chi connectivity index (χ1) is 9.46. The number of aryl methyl sites for hydroxylation is 1. The Balaban J connectivity index is 2.35. The standard InChI is InChI=1S/C12H14ClN3O3S/c1-3-11-14-7-12(15-11)20(17,18)16-9-6-8(13)4-5-10(9)19-2/h4-7,16H,3H2,1-2H3,(H,14,15). The molecule has 0 saturated heterocycles. The molecule has 2 N–H and O–H groups in total. The summed E-state index contributed by atoms with van der Waals surface area (Å²) in [6, 6.07) is 4.68. The Labute approximate surface area is 122 Å². The maximum atomic E-state index is 12.2. The smallest absolute Gasteiger partial charge is 0.279 e. The van der Waals surface area contributed by atoms with Crippen molar-refractivity contribution in [1.82, 2.24) is 9.97 Å². The number of methoxy groups -OCH3 is 1. The van der Waals surface area contributed by atoms with E-state index in [4.69, 9.17) is 16.3 Å². The van der Waals surface area contributed by atoms with Gasteiger partial charge in [0.15, 0.2) is 5.03 Å². The molecule has 1 aromatic carbocycles. The summed E-state index contributed by atoms with van der Waals surface area (Å²) in [5.41, 5.74) is 0.271. The van der Waals surface area contributed by atoms with E-state index in [9.17, 15) is 8.42 Å². The van der Waals surface area contributed by atoms with Gasteiger partial charge < -0.3 is 9.72 Å². The first-order valence-corrected chi connectivity index (χ1v) is 7.72. The fourth-order valence-corrected chi connectivity index (χ4v) is 2.79. The molecule has 108 valence electrons. The molecule has 1 heterocycles. The maximum absolute atomic E-state index is 12.2. The van der Waals surface area contributed by atoms with Crippen molar-refractivity contribution in [2.45, 2.75) is 18.4 Å². The second-order valence-electron chi connectivity index (χ2n) is 4.00. The van der Waals surface area contributed by atoms with E-state index in [1.54, 1.807) is 12.1 Å². The Hall–Kier alpha value is -1.73. The van der Waals surface area contributed by atoms with Gasteiger partial charge in [-0.25, -0.2) is 4.98 Å². The first kappa shape index (κ1) is 14.7. The van der Waals surface area contributed by atoms with Crippen LogP contribution in [0, 0.1) is 0 Å². The number of hydrogen-bond donors (Lipinski definition) is 2. The largest absolute Gasteiger partial charge is 0.495 e. The van der Waals surface area contributed by atoms with Crippen molar-refractivity contribution >= 4 is 27.3 Å². The Morgan fingerprint density at radius 1 is 1.45 bits per heavy atom. The number of aromatic amines is 1. The van der Waals surface area contributed by atoms with Crippen LogP contribution in [0.3, 0.4) is 0 Å². The van der Waals surface area contributed by atoms with Crippen molar-refractivity contribution < 1.29 is 13.2 Å². The minimum Gasteiger partial charge on any atom is -0.495 e. The van der Waals surface area contributed by atoms with Crippen molar-refractivity contribution in [3.8, 4) is 5.75 Å². The van der Waals surface area contributed by atoms with Gasteiger partial charge in [-0.2, -0.15) is 8.42 Å². The van der Waals surface area contributed by atoms with E-state index < -0.39 is 10.0 Å². The average molecular weight is 316 g/mol. The molecule has 2 aromatic rings. The SMILES string of the molecule is CCc1ncc(S(=O)(=O)Nc2cc(Cl)ccc2OC)[nH]1. The monoisotopic (exact) mass is 315 g/mol. The lowest BCUT2D eigenvalue weighted by Gasteiger charge is -2.11. The number of nitrogens with one attached hydrogen (secondary N) is 2. The normalized spacial score (nSPS) is 11.3. The predicted molar refractivity (Wildman–Crippen MR) is 76.8 cm³/mol. The minimum atomic E-state index is -3.76. The van der Waals surface area contributed by atoms with E-state index >= 15 is 0 Å². The van der Waals surface area contributed by atoms with E-state index in [0.29, 0.717) is 23.0 Å². The number of H-pyrrole nitrogens is 1. The molecule has 20 heavy (non-hydrogen) atoms. The summed E-state index contributed by atoms with van der Waals surface area (Å²) in [4.78, 5) is 6.71. The van der Waals surface area contributed by atoms with Gasteiger partial charge in [0.05, 0.1) is 19.0 Å². The second kappa shape index (κ2) is 5.72. The van der Waals surface area contributed by atoms with Gasteiger partial charge in [0.25, 0.3) is 10.0 Å². The topological polar surface area (TPSA) is 84.1 Å². The van der Waals surface area contributed by atoms with Gasteiger partial charge in [0.2, 0.25) is 0 Å². The highest BCUT2D eigenvalue weighted by atomic mass is 35.5.